The smallest absolute Gasteiger partial charge is 0.235 e. The van der Waals surface area contributed by atoms with Gasteiger partial charge in [-0.05, 0) is 61.2 Å². The highest BCUT2D eigenvalue weighted by Gasteiger charge is 2.32. The summed E-state index contributed by atoms with van der Waals surface area (Å²) in [5.74, 6) is 0.562. The molecule has 230 valence electrons. The summed E-state index contributed by atoms with van der Waals surface area (Å²) in [6.07, 6.45) is 6.97. The topological polar surface area (TPSA) is 135 Å². The number of hydrogen-bond donors (Lipinski definition) is 3. The molecule has 2 aliphatic heterocycles. The van der Waals surface area contributed by atoms with E-state index in [0.717, 1.165) is 47.5 Å². The van der Waals surface area contributed by atoms with E-state index in [2.05, 4.69) is 49.0 Å². The molecule has 45 heavy (non-hydrogen) atoms. The monoisotopic (exact) mass is 624 g/mol. The predicted octanol–water partition coefficient (Wildman–Crippen LogP) is 4.79. The lowest BCUT2D eigenvalue weighted by molar-refractivity contribution is -0.134. The molecule has 0 spiro atoms. The van der Waals surface area contributed by atoms with E-state index in [1.165, 1.54) is 0 Å². The lowest BCUT2D eigenvalue weighted by Gasteiger charge is -2.37. The van der Waals surface area contributed by atoms with E-state index in [4.69, 9.17) is 16.6 Å². The van der Waals surface area contributed by atoms with Crippen LogP contribution in [-0.4, -0.2) is 60.5 Å². The second-order valence-electron chi connectivity index (χ2n) is 11.7. The second-order valence-corrected chi connectivity index (χ2v) is 12.1. The summed E-state index contributed by atoms with van der Waals surface area (Å²) in [7, 11) is 1.88. The molecule has 7 rings (SSSR count). The third kappa shape index (κ3) is 5.80. The van der Waals surface area contributed by atoms with Crippen molar-refractivity contribution in [2.45, 2.75) is 38.1 Å². The van der Waals surface area contributed by atoms with E-state index in [1.807, 2.05) is 60.4 Å². The van der Waals surface area contributed by atoms with Crippen molar-refractivity contribution >= 4 is 57.5 Å². The van der Waals surface area contributed by atoms with Gasteiger partial charge >= 0.3 is 0 Å². The molecule has 2 amide bonds. The molecule has 3 N–H and O–H groups in total. The van der Waals surface area contributed by atoms with Crippen LogP contribution in [0.4, 0.5) is 23.1 Å². The molecule has 0 saturated carbocycles. The largest absolute Gasteiger partial charge is 0.382 e. The number of aromatic nitrogens is 6. The third-order valence-corrected chi connectivity index (χ3v) is 8.88. The normalized spacial score (nSPS) is 20.3. The Bertz CT molecular complexity index is 1890. The van der Waals surface area contributed by atoms with Crippen molar-refractivity contribution in [3.05, 3.63) is 77.8 Å². The SMILES string of the molecule is C[C@@H]1CN(c2ncc(Cl)c(Nc3cccc(-n4cccn4)c3)n2)CC[C@H]1Nc1ccc2c(C3CCC(=O)NC3=O)nn(C)c2c1. The number of piperidine rings is 2. The Balaban J connectivity index is 1.03. The van der Waals surface area contributed by atoms with Crippen molar-refractivity contribution in [1.29, 1.82) is 0 Å². The zero-order chi connectivity index (χ0) is 31.1. The number of carbonyl (C=O) groups is 2. The minimum absolute atomic E-state index is 0.226. The molecule has 0 aliphatic carbocycles. The molecule has 2 fully saturated rings. The van der Waals surface area contributed by atoms with Gasteiger partial charge in [-0.2, -0.15) is 15.2 Å². The number of aryl methyl sites for hydroxylation is 1. The zero-order valence-corrected chi connectivity index (χ0v) is 25.7. The fraction of sp³-hybridized carbons (Fsp3) is 0.312. The van der Waals surface area contributed by atoms with Crippen molar-refractivity contribution in [1.82, 2.24) is 34.8 Å². The molecule has 5 heterocycles. The fourth-order valence-corrected chi connectivity index (χ4v) is 6.36. The number of halogens is 1. The molecule has 0 radical (unpaired) electrons. The molecule has 5 aromatic rings. The number of nitrogens with zero attached hydrogens (tertiary/aromatic N) is 7. The first-order valence-corrected chi connectivity index (χ1v) is 15.4. The van der Waals surface area contributed by atoms with E-state index >= 15 is 0 Å². The first-order chi connectivity index (χ1) is 21.8. The molecule has 2 aliphatic rings. The summed E-state index contributed by atoms with van der Waals surface area (Å²) in [5, 5.41) is 19.9. The first-order valence-electron chi connectivity index (χ1n) is 15.0. The van der Waals surface area contributed by atoms with Gasteiger partial charge in [0.1, 0.15) is 5.02 Å². The number of amides is 2. The summed E-state index contributed by atoms with van der Waals surface area (Å²) >= 11 is 6.50. The number of rotatable bonds is 7. The highest BCUT2D eigenvalue weighted by molar-refractivity contribution is 6.32. The Hall–Kier alpha value is -4.97. The number of carbonyl (C=O) groups excluding carboxylic acids is 2. The van der Waals surface area contributed by atoms with Crippen LogP contribution in [0.2, 0.25) is 5.02 Å². The Morgan fingerprint density at radius 3 is 2.76 bits per heavy atom. The van der Waals surface area contributed by atoms with E-state index in [9.17, 15) is 9.59 Å². The van der Waals surface area contributed by atoms with Crippen LogP contribution in [0.25, 0.3) is 16.6 Å². The highest BCUT2D eigenvalue weighted by atomic mass is 35.5. The summed E-state index contributed by atoms with van der Waals surface area (Å²) in [5.41, 5.74) is 4.43. The van der Waals surface area contributed by atoms with E-state index < -0.39 is 5.92 Å². The van der Waals surface area contributed by atoms with Crippen molar-refractivity contribution in [2.24, 2.45) is 13.0 Å². The summed E-state index contributed by atoms with van der Waals surface area (Å²) < 4.78 is 3.61. The number of benzene rings is 2. The van der Waals surface area contributed by atoms with Crippen LogP contribution in [0.3, 0.4) is 0 Å². The van der Waals surface area contributed by atoms with Crippen LogP contribution in [0, 0.1) is 5.92 Å². The summed E-state index contributed by atoms with van der Waals surface area (Å²) in [4.78, 5) is 35.7. The Morgan fingerprint density at radius 2 is 1.96 bits per heavy atom. The molecule has 2 aromatic carbocycles. The molecular formula is C32H33ClN10O2. The highest BCUT2D eigenvalue weighted by Crippen LogP contribution is 2.33. The van der Waals surface area contributed by atoms with Gasteiger partial charge in [-0.3, -0.25) is 19.6 Å². The van der Waals surface area contributed by atoms with Crippen LogP contribution in [0.15, 0.2) is 67.1 Å². The third-order valence-electron chi connectivity index (χ3n) is 8.60. The first kappa shape index (κ1) is 28.8. The molecule has 1 unspecified atom stereocenters. The second kappa shape index (κ2) is 11.8. The molecule has 3 atom stereocenters. The maximum Gasteiger partial charge on any atom is 0.235 e. The van der Waals surface area contributed by atoms with Crippen LogP contribution in [-0.2, 0) is 16.6 Å². The number of imide groups is 1. The summed E-state index contributed by atoms with van der Waals surface area (Å²) in [6, 6.07) is 16.2. The van der Waals surface area contributed by atoms with Crippen molar-refractivity contribution in [3.8, 4) is 5.69 Å². The Kier molecular flexibility index (Phi) is 7.58. The lowest BCUT2D eigenvalue weighted by atomic mass is 9.92. The quantitative estimate of drug-likeness (QED) is 0.218. The van der Waals surface area contributed by atoms with Crippen molar-refractivity contribution in [2.75, 3.05) is 28.6 Å². The maximum atomic E-state index is 12.5. The standard InChI is InChI=1S/C32H33ClN10O2/c1-19-18-42(32-34-17-25(33)30(39-32)37-20-5-3-6-22(15-20)43-13-4-12-35-43)14-11-26(19)36-21-7-8-23-27(16-21)41(2)40-29(23)24-9-10-28(44)38-31(24)45/h3-8,12-13,15-17,19,24,26,36H,9-11,14,18H2,1-2H3,(H,34,37,39)(H,38,44,45)/t19-,24?,26-/m1/s1. The van der Waals surface area contributed by atoms with Gasteiger partial charge in [0, 0.05) is 61.8 Å². The van der Waals surface area contributed by atoms with Crippen LogP contribution < -0.4 is 20.9 Å². The van der Waals surface area contributed by atoms with Crippen LogP contribution >= 0.6 is 11.6 Å². The lowest BCUT2D eigenvalue weighted by Crippen LogP contribution is -2.46. The maximum absolute atomic E-state index is 12.5. The average Bonchev–Trinajstić information content (AvgIpc) is 3.68. The van der Waals surface area contributed by atoms with Crippen LogP contribution in [0.1, 0.15) is 37.8 Å². The minimum Gasteiger partial charge on any atom is -0.382 e. The predicted molar refractivity (Wildman–Crippen MR) is 173 cm³/mol. The van der Waals surface area contributed by atoms with Gasteiger partial charge in [-0.1, -0.05) is 24.6 Å². The minimum atomic E-state index is -0.424. The molecule has 2 saturated heterocycles. The van der Waals surface area contributed by atoms with Crippen LogP contribution in [0.5, 0.6) is 0 Å². The number of anilines is 4. The number of nitrogens with one attached hydrogen (secondary N) is 3. The van der Waals surface area contributed by atoms with Gasteiger partial charge in [-0.15, -0.1) is 0 Å². The van der Waals surface area contributed by atoms with Crippen molar-refractivity contribution < 1.29 is 9.59 Å². The van der Waals surface area contributed by atoms with Gasteiger partial charge < -0.3 is 15.5 Å². The fourth-order valence-electron chi connectivity index (χ4n) is 6.22. The molecule has 0 bridgehead atoms. The Morgan fingerprint density at radius 1 is 1.07 bits per heavy atom. The summed E-state index contributed by atoms with van der Waals surface area (Å²) in [6.45, 7) is 3.79. The number of hydrogen-bond acceptors (Lipinski definition) is 9. The molecule has 12 nitrogen and oxygen atoms in total. The van der Waals surface area contributed by atoms with Gasteiger partial charge in [0.05, 0.1) is 29.0 Å². The van der Waals surface area contributed by atoms with Gasteiger partial charge in [-0.25, -0.2) is 9.67 Å². The Labute approximate surface area is 264 Å². The van der Waals surface area contributed by atoms with Gasteiger partial charge in [0.25, 0.3) is 0 Å². The van der Waals surface area contributed by atoms with E-state index in [1.54, 1.807) is 17.1 Å². The molecular weight excluding hydrogens is 592 g/mol. The van der Waals surface area contributed by atoms with Gasteiger partial charge in [0.15, 0.2) is 5.82 Å². The van der Waals surface area contributed by atoms with Crippen molar-refractivity contribution in [3.63, 3.8) is 0 Å². The number of fused-ring (bicyclic) bond motifs is 1. The average molecular weight is 625 g/mol. The van der Waals surface area contributed by atoms with E-state index in [-0.39, 0.29) is 17.9 Å². The molecule has 13 heteroatoms. The van der Waals surface area contributed by atoms with Gasteiger partial charge in [0.2, 0.25) is 17.8 Å². The zero-order valence-electron chi connectivity index (χ0n) is 24.9. The molecule has 3 aromatic heterocycles. The van der Waals surface area contributed by atoms with E-state index in [0.29, 0.717) is 41.2 Å².